The Morgan fingerprint density at radius 2 is 2.38 bits per heavy atom. The molecule has 2 N–H and O–H groups in total. The minimum absolute atomic E-state index is 0.352. The van der Waals surface area contributed by atoms with Gasteiger partial charge in [-0.05, 0) is 37.8 Å². The van der Waals surface area contributed by atoms with E-state index in [-0.39, 0.29) is 6.04 Å². The van der Waals surface area contributed by atoms with E-state index in [4.69, 9.17) is 5.11 Å². The van der Waals surface area contributed by atoms with E-state index < -0.39 is 5.97 Å². The van der Waals surface area contributed by atoms with E-state index in [0.717, 1.165) is 19.4 Å². The highest BCUT2D eigenvalue weighted by Crippen LogP contribution is 2.19. The van der Waals surface area contributed by atoms with Crippen molar-refractivity contribution < 1.29 is 9.90 Å². The maximum atomic E-state index is 10.8. The topological polar surface area (TPSA) is 49.3 Å². The molecule has 1 fully saturated rings. The Labute approximate surface area is 95.5 Å². The third-order valence-electron chi connectivity index (χ3n) is 3.13. The molecule has 1 heterocycles. The maximum Gasteiger partial charge on any atom is 0.320 e. The Morgan fingerprint density at radius 1 is 1.56 bits per heavy atom. The first-order valence-electron chi connectivity index (χ1n) is 5.67. The number of aliphatic carboxylic acids is 1. The molecule has 86 valence electrons. The molecule has 1 aliphatic heterocycles. The third kappa shape index (κ3) is 2.61. The summed E-state index contributed by atoms with van der Waals surface area (Å²) in [5.74, 6) is -0.283. The van der Waals surface area contributed by atoms with Crippen molar-refractivity contribution in [1.29, 1.82) is 0 Å². The summed E-state index contributed by atoms with van der Waals surface area (Å²) in [5.41, 5.74) is 2.57. The van der Waals surface area contributed by atoms with Crippen LogP contribution in [0.2, 0.25) is 0 Å². The second kappa shape index (κ2) is 4.66. The molecule has 16 heavy (non-hydrogen) atoms. The number of carbonyl (C=O) groups is 1. The van der Waals surface area contributed by atoms with Gasteiger partial charge in [0.25, 0.3) is 0 Å². The third-order valence-corrected chi connectivity index (χ3v) is 3.13. The molecule has 2 unspecified atom stereocenters. The zero-order valence-electron chi connectivity index (χ0n) is 9.44. The van der Waals surface area contributed by atoms with Crippen LogP contribution in [0.15, 0.2) is 24.3 Å². The molecule has 0 spiro atoms. The van der Waals surface area contributed by atoms with Gasteiger partial charge in [0.2, 0.25) is 0 Å². The first kappa shape index (κ1) is 11.1. The van der Waals surface area contributed by atoms with Crippen molar-refractivity contribution >= 4 is 5.97 Å². The number of hydrogen-bond donors (Lipinski definition) is 2. The summed E-state index contributed by atoms with van der Waals surface area (Å²) in [5, 5.41) is 11.9. The highest BCUT2D eigenvalue weighted by molar-refractivity contribution is 5.73. The molecular weight excluding hydrogens is 202 g/mol. The van der Waals surface area contributed by atoms with Crippen molar-refractivity contribution in [2.75, 3.05) is 6.54 Å². The number of carboxylic acids is 1. The molecular formula is C13H17NO2. The molecule has 0 bridgehead atoms. The van der Waals surface area contributed by atoms with Gasteiger partial charge in [-0.3, -0.25) is 4.79 Å². The van der Waals surface area contributed by atoms with E-state index in [9.17, 15) is 4.79 Å². The maximum absolute atomic E-state index is 10.8. The number of benzene rings is 1. The molecule has 1 saturated heterocycles. The van der Waals surface area contributed by atoms with Crippen LogP contribution < -0.4 is 5.32 Å². The van der Waals surface area contributed by atoms with Crippen LogP contribution in [-0.2, 0) is 11.2 Å². The lowest BCUT2D eigenvalue weighted by molar-refractivity contribution is -0.139. The molecule has 2 rings (SSSR count). The van der Waals surface area contributed by atoms with Gasteiger partial charge in [0, 0.05) is 0 Å². The summed E-state index contributed by atoms with van der Waals surface area (Å²) >= 11 is 0. The van der Waals surface area contributed by atoms with Crippen molar-refractivity contribution in [3.63, 3.8) is 0 Å². The van der Waals surface area contributed by atoms with Crippen molar-refractivity contribution in [1.82, 2.24) is 5.32 Å². The predicted molar refractivity (Wildman–Crippen MR) is 62.4 cm³/mol. The molecule has 0 radical (unpaired) electrons. The van der Waals surface area contributed by atoms with Gasteiger partial charge in [0.15, 0.2) is 0 Å². The minimum atomic E-state index is -0.730. The molecule has 0 aromatic heterocycles. The molecule has 2 atom stereocenters. The zero-order valence-corrected chi connectivity index (χ0v) is 9.44. The average molecular weight is 219 g/mol. The van der Waals surface area contributed by atoms with E-state index in [0.29, 0.717) is 5.92 Å². The lowest BCUT2D eigenvalue weighted by Crippen LogP contribution is -2.29. The number of carboxylic acid groups (broad SMARTS) is 1. The lowest BCUT2D eigenvalue weighted by Gasteiger charge is -2.08. The summed E-state index contributed by atoms with van der Waals surface area (Å²) in [6.45, 7) is 2.89. The van der Waals surface area contributed by atoms with Gasteiger partial charge in [-0.15, -0.1) is 0 Å². The molecule has 0 saturated carbocycles. The molecule has 1 aliphatic rings. The first-order valence-corrected chi connectivity index (χ1v) is 5.67. The summed E-state index contributed by atoms with van der Waals surface area (Å²) in [4.78, 5) is 10.8. The Bertz CT molecular complexity index is 389. The number of aryl methyl sites for hydroxylation is 1. The number of hydrogen-bond acceptors (Lipinski definition) is 2. The van der Waals surface area contributed by atoms with Crippen LogP contribution in [-0.4, -0.2) is 23.7 Å². The van der Waals surface area contributed by atoms with Gasteiger partial charge in [-0.2, -0.15) is 0 Å². The molecule has 0 aliphatic carbocycles. The molecule has 0 amide bonds. The SMILES string of the molecule is Cc1cccc(CC2CNC(C(=O)O)C2)c1. The number of nitrogens with one attached hydrogen (secondary N) is 1. The van der Waals surface area contributed by atoms with Crippen molar-refractivity contribution in [3.8, 4) is 0 Å². The van der Waals surface area contributed by atoms with Gasteiger partial charge in [-0.25, -0.2) is 0 Å². The largest absolute Gasteiger partial charge is 0.480 e. The summed E-state index contributed by atoms with van der Waals surface area (Å²) in [7, 11) is 0. The fourth-order valence-electron chi connectivity index (χ4n) is 2.33. The Balaban J connectivity index is 1.94. The van der Waals surface area contributed by atoms with E-state index in [1.807, 2.05) is 0 Å². The van der Waals surface area contributed by atoms with Crippen LogP contribution >= 0.6 is 0 Å². The van der Waals surface area contributed by atoms with E-state index in [1.54, 1.807) is 0 Å². The van der Waals surface area contributed by atoms with E-state index in [1.165, 1.54) is 11.1 Å². The van der Waals surface area contributed by atoms with Crippen LogP contribution in [0.1, 0.15) is 17.5 Å². The van der Waals surface area contributed by atoms with Crippen LogP contribution in [0.5, 0.6) is 0 Å². The summed E-state index contributed by atoms with van der Waals surface area (Å²) in [6.07, 6.45) is 1.71. The van der Waals surface area contributed by atoms with Gasteiger partial charge in [0.05, 0.1) is 0 Å². The highest BCUT2D eigenvalue weighted by Gasteiger charge is 2.28. The Morgan fingerprint density at radius 3 is 3.00 bits per heavy atom. The molecule has 1 aromatic rings. The normalized spacial score (nSPS) is 24.6. The Hall–Kier alpha value is -1.35. The predicted octanol–water partition coefficient (Wildman–Crippen LogP) is 1.60. The summed E-state index contributed by atoms with van der Waals surface area (Å²) < 4.78 is 0. The lowest BCUT2D eigenvalue weighted by atomic mass is 9.96. The highest BCUT2D eigenvalue weighted by atomic mass is 16.4. The monoisotopic (exact) mass is 219 g/mol. The summed E-state index contributed by atoms with van der Waals surface area (Å²) in [6, 6.07) is 8.07. The Kier molecular flexibility index (Phi) is 3.25. The fraction of sp³-hybridized carbons (Fsp3) is 0.462. The zero-order chi connectivity index (χ0) is 11.5. The van der Waals surface area contributed by atoms with Crippen molar-refractivity contribution in [2.24, 2.45) is 5.92 Å². The van der Waals surface area contributed by atoms with Crippen LogP contribution in [0.25, 0.3) is 0 Å². The smallest absolute Gasteiger partial charge is 0.320 e. The van der Waals surface area contributed by atoms with Crippen LogP contribution in [0.3, 0.4) is 0 Å². The standard InChI is InChI=1S/C13H17NO2/c1-9-3-2-4-10(5-9)6-11-7-12(13(15)16)14-8-11/h2-5,11-12,14H,6-8H2,1H3,(H,15,16). The molecule has 1 aromatic carbocycles. The van der Waals surface area contributed by atoms with Crippen LogP contribution in [0.4, 0.5) is 0 Å². The average Bonchev–Trinajstić information content (AvgIpc) is 2.66. The first-order chi connectivity index (χ1) is 7.65. The van der Waals surface area contributed by atoms with Crippen molar-refractivity contribution in [2.45, 2.75) is 25.8 Å². The minimum Gasteiger partial charge on any atom is -0.480 e. The van der Waals surface area contributed by atoms with Crippen LogP contribution in [0, 0.1) is 12.8 Å². The number of rotatable bonds is 3. The second-order valence-electron chi connectivity index (χ2n) is 4.59. The quantitative estimate of drug-likeness (QED) is 0.811. The van der Waals surface area contributed by atoms with E-state index in [2.05, 4.69) is 36.5 Å². The molecule has 3 nitrogen and oxygen atoms in total. The van der Waals surface area contributed by atoms with Gasteiger partial charge < -0.3 is 10.4 Å². The van der Waals surface area contributed by atoms with Gasteiger partial charge in [0.1, 0.15) is 6.04 Å². The van der Waals surface area contributed by atoms with Gasteiger partial charge in [-0.1, -0.05) is 29.8 Å². The fourth-order valence-corrected chi connectivity index (χ4v) is 2.33. The van der Waals surface area contributed by atoms with Crippen molar-refractivity contribution in [3.05, 3.63) is 35.4 Å². The van der Waals surface area contributed by atoms with Gasteiger partial charge >= 0.3 is 5.97 Å². The second-order valence-corrected chi connectivity index (χ2v) is 4.59. The van der Waals surface area contributed by atoms with E-state index >= 15 is 0 Å². The molecule has 3 heteroatoms.